The number of amides is 1. The molecule has 0 bridgehead atoms. The standard InChI is InChI=1S/C14H19NO3/c1-10-5-6-11(2)12(8-10)9-13(16)15-7-3-4-14(17)18/h5-6,8H,3-4,7,9H2,1-2H3,(H,15,16)(H,17,18). The van der Waals surface area contributed by atoms with Crippen molar-refractivity contribution in [2.75, 3.05) is 6.54 Å². The molecule has 1 aromatic carbocycles. The lowest BCUT2D eigenvalue weighted by atomic mass is 10.0. The minimum Gasteiger partial charge on any atom is -0.481 e. The normalized spacial score (nSPS) is 10.1. The first-order valence-electron chi connectivity index (χ1n) is 6.03. The maximum absolute atomic E-state index is 11.7. The Morgan fingerprint density at radius 2 is 2.00 bits per heavy atom. The molecule has 1 rings (SSSR count). The highest BCUT2D eigenvalue weighted by Gasteiger charge is 2.06. The highest BCUT2D eigenvalue weighted by atomic mass is 16.4. The predicted octanol–water partition coefficient (Wildman–Crippen LogP) is 1.83. The van der Waals surface area contributed by atoms with Gasteiger partial charge in [-0.3, -0.25) is 9.59 Å². The van der Waals surface area contributed by atoms with Crippen molar-refractivity contribution < 1.29 is 14.7 Å². The maximum Gasteiger partial charge on any atom is 0.303 e. The van der Waals surface area contributed by atoms with E-state index in [1.165, 1.54) is 0 Å². The van der Waals surface area contributed by atoms with Gasteiger partial charge >= 0.3 is 5.97 Å². The molecular formula is C14H19NO3. The first kappa shape index (κ1) is 14.2. The summed E-state index contributed by atoms with van der Waals surface area (Å²) in [4.78, 5) is 22.0. The molecule has 0 atom stereocenters. The van der Waals surface area contributed by atoms with E-state index < -0.39 is 5.97 Å². The number of aryl methyl sites for hydroxylation is 2. The fourth-order valence-corrected chi connectivity index (χ4v) is 1.69. The number of rotatable bonds is 6. The lowest BCUT2D eigenvalue weighted by molar-refractivity contribution is -0.137. The second kappa shape index (κ2) is 6.79. The van der Waals surface area contributed by atoms with Gasteiger partial charge in [0, 0.05) is 13.0 Å². The quantitative estimate of drug-likeness (QED) is 0.756. The van der Waals surface area contributed by atoms with Crippen molar-refractivity contribution in [1.82, 2.24) is 5.32 Å². The van der Waals surface area contributed by atoms with E-state index in [4.69, 9.17) is 5.11 Å². The van der Waals surface area contributed by atoms with Gasteiger partial charge in [-0.25, -0.2) is 0 Å². The topological polar surface area (TPSA) is 66.4 Å². The van der Waals surface area contributed by atoms with Gasteiger partial charge in [0.2, 0.25) is 5.91 Å². The first-order chi connectivity index (χ1) is 8.49. The van der Waals surface area contributed by atoms with Crippen LogP contribution in [0, 0.1) is 13.8 Å². The monoisotopic (exact) mass is 249 g/mol. The molecule has 0 unspecified atom stereocenters. The third-order valence-electron chi connectivity index (χ3n) is 2.75. The van der Waals surface area contributed by atoms with Gasteiger partial charge in [-0.15, -0.1) is 0 Å². The van der Waals surface area contributed by atoms with Crippen LogP contribution < -0.4 is 5.32 Å². The number of aliphatic carboxylic acids is 1. The van der Waals surface area contributed by atoms with E-state index in [1.54, 1.807) is 0 Å². The van der Waals surface area contributed by atoms with Crippen molar-refractivity contribution >= 4 is 11.9 Å². The number of carbonyl (C=O) groups excluding carboxylic acids is 1. The van der Waals surface area contributed by atoms with Crippen LogP contribution >= 0.6 is 0 Å². The second-order valence-electron chi connectivity index (χ2n) is 4.45. The molecule has 2 N–H and O–H groups in total. The Kier molecular flexibility index (Phi) is 5.36. The van der Waals surface area contributed by atoms with Gasteiger partial charge < -0.3 is 10.4 Å². The van der Waals surface area contributed by atoms with E-state index in [0.29, 0.717) is 19.4 Å². The van der Waals surface area contributed by atoms with Crippen LogP contribution in [-0.2, 0) is 16.0 Å². The summed E-state index contributed by atoms with van der Waals surface area (Å²) in [6.07, 6.45) is 0.901. The van der Waals surface area contributed by atoms with Crippen LogP contribution in [0.15, 0.2) is 18.2 Å². The van der Waals surface area contributed by atoms with Gasteiger partial charge in [-0.2, -0.15) is 0 Å². The molecule has 0 saturated carbocycles. The highest BCUT2D eigenvalue weighted by molar-refractivity contribution is 5.79. The molecule has 98 valence electrons. The minimum absolute atomic E-state index is 0.0610. The maximum atomic E-state index is 11.7. The van der Waals surface area contributed by atoms with Crippen LogP contribution in [0.25, 0.3) is 0 Å². The Hall–Kier alpha value is -1.84. The number of carboxylic acids is 1. The Bertz CT molecular complexity index is 441. The first-order valence-corrected chi connectivity index (χ1v) is 6.03. The van der Waals surface area contributed by atoms with Crippen LogP contribution in [-0.4, -0.2) is 23.5 Å². The minimum atomic E-state index is -0.834. The van der Waals surface area contributed by atoms with Crippen molar-refractivity contribution in [3.8, 4) is 0 Å². The van der Waals surface area contributed by atoms with Gasteiger partial charge in [0.05, 0.1) is 6.42 Å². The second-order valence-corrected chi connectivity index (χ2v) is 4.45. The van der Waals surface area contributed by atoms with Crippen LogP contribution in [0.3, 0.4) is 0 Å². The summed E-state index contributed by atoms with van der Waals surface area (Å²) < 4.78 is 0. The number of nitrogens with one attached hydrogen (secondary N) is 1. The molecule has 1 amide bonds. The number of benzene rings is 1. The summed E-state index contributed by atoms with van der Waals surface area (Å²) in [7, 11) is 0. The molecule has 18 heavy (non-hydrogen) atoms. The van der Waals surface area contributed by atoms with Crippen LogP contribution in [0.5, 0.6) is 0 Å². The average molecular weight is 249 g/mol. The number of carbonyl (C=O) groups is 2. The molecule has 0 spiro atoms. The zero-order chi connectivity index (χ0) is 13.5. The third-order valence-corrected chi connectivity index (χ3v) is 2.75. The van der Waals surface area contributed by atoms with E-state index in [0.717, 1.165) is 16.7 Å². The predicted molar refractivity (Wildman–Crippen MR) is 69.5 cm³/mol. The summed E-state index contributed by atoms with van der Waals surface area (Å²) in [5.41, 5.74) is 3.25. The fourth-order valence-electron chi connectivity index (χ4n) is 1.69. The molecule has 0 fully saturated rings. The number of hydrogen-bond donors (Lipinski definition) is 2. The van der Waals surface area contributed by atoms with E-state index in [2.05, 4.69) is 5.32 Å². The lowest BCUT2D eigenvalue weighted by Crippen LogP contribution is -2.26. The van der Waals surface area contributed by atoms with Crippen molar-refractivity contribution in [2.24, 2.45) is 0 Å². The molecule has 4 heteroatoms. The molecule has 0 aliphatic heterocycles. The SMILES string of the molecule is Cc1ccc(C)c(CC(=O)NCCCC(=O)O)c1. The summed E-state index contributed by atoms with van der Waals surface area (Å²) in [6, 6.07) is 6.03. The smallest absolute Gasteiger partial charge is 0.303 e. The molecule has 0 aliphatic rings. The fraction of sp³-hybridized carbons (Fsp3) is 0.429. The van der Waals surface area contributed by atoms with Gasteiger partial charge in [0.15, 0.2) is 0 Å². The molecule has 0 aromatic heterocycles. The van der Waals surface area contributed by atoms with Crippen molar-refractivity contribution in [3.63, 3.8) is 0 Å². The Balaban J connectivity index is 2.40. The zero-order valence-electron chi connectivity index (χ0n) is 10.8. The van der Waals surface area contributed by atoms with E-state index in [1.807, 2.05) is 32.0 Å². The highest BCUT2D eigenvalue weighted by Crippen LogP contribution is 2.11. The molecule has 0 aliphatic carbocycles. The lowest BCUT2D eigenvalue weighted by Gasteiger charge is -2.08. The Morgan fingerprint density at radius 1 is 1.28 bits per heavy atom. The van der Waals surface area contributed by atoms with Crippen molar-refractivity contribution in [2.45, 2.75) is 33.1 Å². The summed E-state index contributed by atoms with van der Waals surface area (Å²) >= 11 is 0. The zero-order valence-corrected chi connectivity index (χ0v) is 10.8. The van der Waals surface area contributed by atoms with Gasteiger partial charge in [-0.05, 0) is 31.4 Å². The van der Waals surface area contributed by atoms with Gasteiger partial charge in [-0.1, -0.05) is 23.8 Å². The number of hydrogen-bond acceptors (Lipinski definition) is 2. The van der Waals surface area contributed by atoms with E-state index >= 15 is 0 Å². The third kappa shape index (κ3) is 4.99. The Morgan fingerprint density at radius 3 is 2.67 bits per heavy atom. The van der Waals surface area contributed by atoms with Crippen LogP contribution in [0.1, 0.15) is 29.5 Å². The molecule has 0 saturated heterocycles. The van der Waals surface area contributed by atoms with Gasteiger partial charge in [0.25, 0.3) is 0 Å². The van der Waals surface area contributed by atoms with Crippen LogP contribution in [0.2, 0.25) is 0 Å². The Labute approximate surface area is 107 Å². The molecule has 0 radical (unpaired) electrons. The summed E-state index contributed by atoms with van der Waals surface area (Å²) in [5, 5.41) is 11.2. The van der Waals surface area contributed by atoms with Crippen molar-refractivity contribution in [1.29, 1.82) is 0 Å². The molecule has 4 nitrogen and oxygen atoms in total. The summed E-state index contributed by atoms with van der Waals surface area (Å²) in [5.74, 6) is -0.895. The average Bonchev–Trinajstić information content (AvgIpc) is 2.29. The molecular weight excluding hydrogens is 230 g/mol. The summed E-state index contributed by atoms with van der Waals surface area (Å²) in [6.45, 7) is 4.39. The number of carboxylic acid groups (broad SMARTS) is 1. The van der Waals surface area contributed by atoms with Gasteiger partial charge in [0.1, 0.15) is 0 Å². The van der Waals surface area contributed by atoms with E-state index in [-0.39, 0.29) is 12.3 Å². The largest absolute Gasteiger partial charge is 0.481 e. The van der Waals surface area contributed by atoms with Crippen molar-refractivity contribution in [3.05, 3.63) is 34.9 Å². The van der Waals surface area contributed by atoms with Crippen LogP contribution in [0.4, 0.5) is 0 Å². The van der Waals surface area contributed by atoms with E-state index in [9.17, 15) is 9.59 Å². The molecule has 1 aromatic rings. The molecule has 0 heterocycles.